The number of benzene rings is 6. The zero-order chi connectivity index (χ0) is 37.9. The molecule has 9 rings (SSSR count). The third kappa shape index (κ3) is 9.53. The van der Waals surface area contributed by atoms with Crippen LogP contribution in [0.3, 0.4) is 0 Å². The second-order valence-electron chi connectivity index (χ2n) is 13.7. The Morgan fingerprint density at radius 1 is 0.537 bits per heavy atom. The van der Waals surface area contributed by atoms with E-state index in [4.69, 9.17) is 17.0 Å². The number of fused-ring (bicyclic) bond motifs is 5. The van der Waals surface area contributed by atoms with Gasteiger partial charge in [-0.2, -0.15) is 41.6 Å². The third-order valence-corrected chi connectivity index (χ3v) is 11.1. The van der Waals surface area contributed by atoms with Crippen LogP contribution < -0.4 is 10.4 Å². The fraction of sp³-hybridized carbons (Fsp3) is 0.160. The van der Waals surface area contributed by atoms with Crippen molar-refractivity contribution in [2.75, 3.05) is 0 Å². The molecule has 0 bridgehead atoms. The molecule has 0 aromatic heterocycles. The van der Waals surface area contributed by atoms with E-state index in [1.807, 2.05) is 6.07 Å². The van der Waals surface area contributed by atoms with Gasteiger partial charge >= 0.3 is 37.9 Å². The minimum absolute atomic E-state index is 0.795. The van der Waals surface area contributed by atoms with Crippen molar-refractivity contribution in [1.29, 1.82) is 0 Å². The van der Waals surface area contributed by atoms with Gasteiger partial charge in [0.1, 0.15) is 0 Å². The van der Waals surface area contributed by atoms with Gasteiger partial charge in [-0.05, 0) is 35.1 Å². The van der Waals surface area contributed by atoms with E-state index in [-0.39, 0.29) is 0 Å². The second-order valence-corrected chi connectivity index (χ2v) is 18.7. The van der Waals surface area contributed by atoms with Crippen LogP contribution in [0.5, 0.6) is 0 Å². The molecule has 1 aliphatic heterocycles. The van der Waals surface area contributed by atoms with Crippen LogP contribution in [0.15, 0.2) is 152 Å². The molecule has 0 fully saturated rings. The van der Waals surface area contributed by atoms with Crippen molar-refractivity contribution in [1.82, 2.24) is 0 Å². The van der Waals surface area contributed by atoms with Gasteiger partial charge in [-0.25, -0.2) is 0 Å². The van der Waals surface area contributed by atoms with Crippen LogP contribution >= 0.6 is 17.0 Å². The first kappa shape index (κ1) is 39.9. The molecule has 8 aromatic carbocycles. The Morgan fingerprint density at radius 3 is 1.50 bits per heavy atom. The van der Waals surface area contributed by atoms with E-state index in [9.17, 15) is 0 Å². The van der Waals surface area contributed by atoms with Gasteiger partial charge in [0.2, 0.25) is 0 Å². The van der Waals surface area contributed by atoms with Crippen molar-refractivity contribution in [3.8, 4) is 33.4 Å². The van der Waals surface area contributed by atoms with E-state index < -0.39 is 20.8 Å². The zero-order valence-corrected chi connectivity index (χ0v) is 36.5. The molecule has 0 saturated carbocycles. The summed E-state index contributed by atoms with van der Waals surface area (Å²) in [7, 11) is 10.7. The molecule has 8 aromatic rings. The van der Waals surface area contributed by atoms with Crippen LogP contribution in [-0.4, -0.2) is 9.52 Å². The van der Waals surface area contributed by atoms with E-state index in [1.54, 1.807) is 0 Å². The maximum Gasteiger partial charge on any atom is 0.0920 e. The van der Waals surface area contributed by atoms with Crippen LogP contribution in [0.4, 0.5) is 0 Å². The average molecular weight is 836 g/mol. The van der Waals surface area contributed by atoms with Crippen molar-refractivity contribution in [3.63, 3.8) is 0 Å². The topological polar surface area (TPSA) is 0 Å². The summed E-state index contributed by atoms with van der Waals surface area (Å²) in [5.41, 5.74) is 13.9. The van der Waals surface area contributed by atoms with Gasteiger partial charge in [0.05, 0.1) is 9.52 Å². The molecule has 0 saturated heterocycles. The number of rotatable bonds is 6. The van der Waals surface area contributed by atoms with E-state index in [2.05, 4.69) is 179 Å². The molecule has 0 spiro atoms. The summed E-state index contributed by atoms with van der Waals surface area (Å²) in [5, 5.41) is 8.28. The molecule has 0 N–H and O–H groups in total. The van der Waals surface area contributed by atoms with Gasteiger partial charge in [-0.3, -0.25) is 0 Å². The molecule has 0 amide bonds. The smallest absolute Gasteiger partial charge is 0.0920 e. The summed E-state index contributed by atoms with van der Waals surface area (Å²) in [6.45, 7) is 8.82. The first-order chi connectivity index (χ1) is 26.4. The first-order valence-electron chi connectivity index (χ1n) is 18.8. The van der Waals surface area contributed by atoms with Crippen molar-refractivity contribution in [2.45, 2.75) is 53.4 Å². The standard InChI is InChI=1S/2C19H19.C12H7Si.2ClH.Zr/c2*1-3-7-15-8-4-5-10-17(15)18-11-6-9-16-12-14(2)13-19(16)18;1-3-7-11-9(5-1)10-6-2-4-8-12(10)13-11;;;/h2*4-6,8-13H,3,7H2,1-2H3;1-7H;2*1H;/q3*-1;;;+2/p-2. The van der Waals surface area contributed by atoms with Crippen molar-refractivity contribution in [2.24, 2.45) is 0 Å². The van der Waals surface area contributed by atoms with Crippen LogP contribution in [0.25, 0.3) is 54.9 Å². The van der Waals surface area contributed by atoms with Gasteiger partial charge in [0, 0.05) is 0 Å². The summed E-state index contributed by atoms with van der Waals surface area (Å²) in [6.07, 6.45) is 4.67. The summed E-state index contributed by atoms with van der Waals surface area (Å²) in [4.78, 5) is 0. The predicted molar refractivity (Wildman–Crippen MR) is 235 cm³/mol. The van der Waals surface area contributed by atoms with Crippen LogP contribution in [0.1, 0.15) is 48.9 Å². The minimum Gasteiger partial charge on any atom is -0.184 e. The molecule has 2 radical (unpaired) electrons. The zero-order valence-electron chi connectivity index (χ0n) is 31.5. The molecule has 0 atom stereocenters. The number of hydrogen-bond donors (Lipinski definition) is 0. The molecule has 4 heteroatoms. The maximum absolute atomic E-state index is 4.93. The van der Waals surface area contributed by atoms with Crippen LogP contribution in [0.2, 0.25) is 0 Å². The largest absolute Gasteiger partial charge is 0.184 e. The fourth-order valence-corrected chi connectivity index (χ4v) is 8.82. The Labute approximate surface area is 343 Å². The maximum atomic E-state index is 4.93. The van der Waals surface area contributed by atoms with Gasteiger partial charge in [-0.15, -0.1) is 74.6 Å². The summed E-state index contributed by atoms with van der Waals surface area (Å²) >= 11 is -0.826. The van der Waals surface area contributed by atoms with Gasteiger partial charge in [0.15, 0.2) is 0 Å². The molecule has 270 valence electrons. The van der Waals surface area contributed by atoms with Crippen LogP contribution in [0, 0.1) is 19.9 Å². The second kappa shape index (κ2) is 19.7. The van der Waals surface area contributed by atoms with E-state index in [0.717, 1.165) is 22.4 Å². The normalized spacial score (nSPS) is 11.0. The van der Waals surface area contributed by atoms with Crippen LogP contribution in [-0.2, 0) is 33.7 Å². The Balaban J connectivity index is 0.000000135. The molecular weight excluding hydrogens is 791 g/mol. The third-order valence-electron chi connectivity index (χ3n) is 9.78. The quantitative estimate of drug-likeness (QED) is 0.116. The van der Waals surface area contributed by atoms with E-state index in [1.165, 1.54) is 100 Å². The van der Waals surface area contributed by atoms with Crippen molar-refractivity contribution < 1.29 is 20.8 Å². The first-order valence-corrected chi connectivity index (χ1v) is 26.1. The molecule has 0 unspecified atom stereocenters. The Hall–Kier alpha value is -3.78. The fourth-order valence-electron chi connectivity index (χ4n) is 7.51. The summed E-state index contributed by atoms with van der Waals surface area (Å²) < 4.78 is 0. The van der Waals surface area contributed by atoms with E-state index >= 15 is 0 Å². The molecule has 0 nitrogen and oxygen atoms in total. The van der Waals surface area contributed by atoms with Crippen molar-refractivity contribution in [3.05, 3.63) is 180 Å². The summed E-state index contributed by atoms with van der Waals surface area (Å²) in [5.74, 6) is 0. The molecular formula is C50H45Cl2SiZr-3. The summed E-state index contributed by atoms with van der Waals surface area (Å²) in [6, 6.07) is 58.1. The molecule has 1 aliphatic rings. The van der Waals surface area contributed by atoms with Crippen molar-refractivity contribution >= 4 is 58.5 Å². The minimum atomic E-state index is -0.826. The number of aryl methyl sites for hydroxylation is 4. The van der Waals surface area contributed by atoms with Gasteiger partial charge < -0.3 is 0 Å². The molecule has 1 heterocycles. The Morgan fingerprint density at radius 2 is 0.981 bits per heavy atom. The monoisotopic (exact) mass is 833 g/mol. The SMILES string of the molecule is CCCc1ccccc1-c1cccc2[cH-]c(C)cc12.CCCc1ccccc1-c1cccc2[cH-]c(C)cc12.[Cl][Zr][Cl].[c-]1cccc2c1[Si]c1ccccc1-2. The average Bonchev–Trinajstić information content (AvgIpc) is 3.89. The number of halogens is 2. The molecule has 0 aliphatic carbocycles. The Kier molecular flexibility index (Phi) is 14.6. The number of hydrogen-bond acceptors (Lipinski definition) is 0. The predicted octanol–water partition coefficient (Wildman–Crippen LogP) is 13.5. The van der Waals surface area contributed by atoms with Gasteiger partial charge in [-0.1, -0.05) is 147 Å². The molecule has 54 heavy (non-hydrogen) atoms. The van der Waals surface area contributed by atoms with E-state index in [0.29, 0.717) is 0 Å². The van der Waals surface area contributed by atoms with Gasteiger partial charge in [0.25, 0.3) is 0 Å². The Bertz CT molecular complexity index is 2270.